The molecule has 12 heteroatoms. The Kier molecular flexibility index (Phi) is 9.09. The Bertz CT molecular complexity index is 1080. The number of nitrogens with one attached hydrogen (secondary N) is 2. The number of carbonyl (C=O) groups is 2. The van der Waals surface area contributed by atoms with Crippen LogP contribution >= 0.6 is 0 Å². The Morgan fingerprint density at radius 2 is 1.42 bits per heavy atom. The van der Waals surface area contributed by atoms with Crippen molar-refractivity contribution in [1.29, 1.82) is 0 Å². The smallest absolute Gasteiger partial charge is 0.379 e. The van der Waals surface area contributed by atoms with Crippen molar-refractivity contribution in [1.82, 2.24) is 15.5 Å². The zero-order valence-corrected chi connectivity index (χ0v) is 20.9. The van der Waals surface area contributed by atoms with E-state index in [0.29, 0.717) is 50.5 Å². The molecule has 0 saturated carbocycles. The number of benzene rings is 2. The first-order chi connectivity index (χ1) is 17.7. The summed E-state index contributed by atoms with van der Waals surface area (Å²) in [7, 11) is 0. The fourth-order valence-electron chi connectivity index (χ4n) is 3.97. The van der Waals surface area contributed by atoms with Crippen LogP contribution in [0.2, 0.25) is 0 Å². The second-order valence-corrected chi connectivity index (χ2v) is 9.48. The number of nitrogens with zero attached hydrogens (tertiary/aromatic N) is 1. The fraction of sp³-hybridized carbons (Fsp3) is 0.462. The van der Waals surface area contributed by atoms with Gasteiger partial charge in [0.15, 0.2) is 0 Å². The summed E-state index contributed by atoms with van der Waals surface area (Å²) in [6, 6.07) is 7.99. The molecule has 1 aliphatic heterocycles. The van der Waals surface area contributed by atoms with Crippen LogP contribution in [0.5, 0.6) is 0 Å². The third-order valence-corrected chi connectivity index (χ3v) is 6.38. The standard InChI is InChI=1S/C26H29F6N3O3/c1-24(2,18-14-19(25(27,28)29)16-20(15-18)26(30,31)32)23(37)34-21(17-6-4-3-5-7-17)22(36)33-8-9-35-10-12-38-13-11-35/h3-7,14-16,21H,8-13H2,1-2H3,(H,33,36)(H,34,37)/t21-/m0/s1. The van der Waals surface area contributed by atoms with E-state index in [9.17, 15) is 35.9 Å². The summed E-state index contributed by atoms with van der Waals surface area (Å²) in [5.74, 6) is -1.48. The molecule has 6 nitrogen and oxygen atoms in total. The minimum absolute atomic E-state index is 0.00612. The molecule has 0 aliphatic carbocycles. The van der Waals surface area contributed by atoms with E-state index >= 15 is 0 Å². The summed E-state index contributed by atoms with van der Waals surface area (Å²) < 4.78 is 85.6. The van der Waals surface area contributed by atoms with Gasteiger partial charge < -0.3 is 15.4 Å². The van der Waals surface area contributed by atoms with E-state index in [1.807, 2.05) is 0 Å². The molecule has 3 rings (SSSR count). The summed E-state index contributed by atoms with van der Waals surface area (Å²) in [5.41, 5.74) is -4.98. The number of halogens is 6. The maximum Gasteiger partial charge on any atom is 0.416 e. The van der Waals surface area contributed by atoms with E-state index in [1.54, 1.807) is 30.3 Å². The third-order valence-electron chi connectivity index (χ3n) is 6.38. The number of hydrogen-bond acceptors (Lipinski definition) is 4. The summed E-state index contributed by atoms with van der Waals surface area (Å²) in [6.07, 6.45) is -10.1. The first-order valence-electron chi connectivity index (χ1n) is 11.9. The molecule has 0 unspecified atom stereocenters. The number of morpholine rings is 1. The summed E-state index contributed by atoms with van der Waals surface area (Å²) in [4.78, 5) is 28.5. The fourth-order valence-corrected chi connectivity index (χ4v) is 3.97. The molecule has 1 aliphatic rings. The van der Waals surface area contributed by atoms with Crippen LogP contribution in [0.25, 0.3) is 0 Å². The van der Waals surface area contributed by atoms with Gasteiger partial charge in [0.1, 0.15) is 6.04 Å². The van der Waals surface area contributed by atoms with E-state index < -0.39 is 52.3 Å². The van der Waals surface area contributed by atoms with Crippen LogP contribution in [-0.4, -0.2) is 56.1 Å². The highest BCUT2D eigenvalue weighted by atomic mass is 19.4. The van der Waals surface area contributed by atoms with Crippen molar-refractivity contribution in [2.45, 2.75) is 37.7 Å². The molecular weight excluding hydrogens is 516 g/mol. The van der Waals surface area contributed by atoms with Gasteiger partial charge in [0, 0.05) is 26.2 Å². The second-order valence-electron chi connectivity index (χ2n) is 9.48. The van der Waals surface area contributed by atoms with Gasteiger partial charge in [0.2, 0.25) is 11.8 Å². The Hall–Kier alpha value is -3.12. The Labute approximate surface area is 216 Å². The molecule has 0 spiro atoms. The maximum absolute atomic E-state index is 13.4. The van der Waals surface area contributed by atoms with Gasteiger partial charge in [-0.15, -0.1) is 0 Å². The van der Waals surface area contributed by atoms with Crippen LogP contribution in [0, 0.1) is 0 Å². The molecule has 2 amide bonds. The minimum Gasteiger partial charge on any atom is -0.379 e. The first-order valence-corrected chi connectivity index (χ1v) is 11.9. The molecule has 208 valence electrons. The van der Waals surface area contributed by atoms with Crippen molar-refractivity contribution in [3.05, 3.63) is 70.8 Å². The summed E-state index contributed by atoms with van der Waals surface area (Å²) >= 11 is 0. The van der Waals surface area contributed by atoms with Gasteiger partial charge in [0.25, 0.3) is 0 Å². The number of amides is 2. The molecule has 1 fully saturated rings. The van der Waals surface area contributed by atoms with Gasteiger partial charge in [-0.25, -0.2) is 0 Å². The quantitative estimate of drug-likeness (QED) is 0.486. The van der Waals surface area contributed by atoms with Gasteiger partial charge in [-0.05, 0) is 43.2 Å². The summed E-state index contributed by atoms with van der Waals surface area (Å²) in [5, 5.41) is 5.28. The zero-order chi connectivity index (χ0) is 28.1. The molecule has 1 atom stereocenters. The van der Waals surface area contributed by atoms with Crippen molar-refractivity contribution in [2.24, 2.45) is 0 Å². The average Bonchev–Trinajstić information content (AvgIpc) is 2.86. The normalized spacial score (nSPS) is 16.1. The van der Waals surface area contributed by atoms with E-state index in [-0.39, 0.29) is 12.6 Å². The highest BCUT2D eigenvalue weighted by molar-refractivity contribution is 5.93. The molecule has 2 N–H and O–H groups in total. The number of alkyl halides is 6. The lowest BCUT2D eigenvalue weighted by Gasteiger charge is -2.29. The van der Waals surface area contributed by atoms with Crippen molar-refractivity contribution in [3.63, 3.8) is 0 Å². The van der Waals surface area contributed by atoms with Gasteiger partial charge in [-0.2, -0.15) is 26.3 Å². The Morgan fingerprint density at radius 3 is 1.95 bits per heavy atom. The number of hydrogen-bond donors (Lipinski definition) is 2. The highest BCUT2D eigenvalue weighted by Gasteiger charge is 2.41. The molecule has 38 heavy (non-hydrogen) atoms. The predicted octanol–water partition coefficient (Wildman–Crippen LogP) is 4.31. The Morgan fingerprint density at radius 1 is 0.895 bits per heavy atom. The minimum atomic E-state index is -5.06. The summed E-state index contributed by atoms with van der Waals surface area (Å²) in [6.45, 7) is 5.80. The molecule has 1 saturated heterocycles. The lowest BCUT2D eigenvalue weighted by Crippen LogP contribution is -2.48. The van der Waals surface area contributed by atoms with Crippen LogP contribution in [0.3, 0.4) is 0 Å². The molecule has 2 aromatic carbocycles. The van der Waals surface area contributed by atoms with E-state index in [0.717, 1.165) is 0 Å². The molecule has 1 heterocycles. The van der Waals surface area contributed by atoms with Gasteiger partial charge in [-0.1, -0.05) is 30.3 Å². The van der Waals surface area contributed by atoms with Crippen molar-refractivity contribution in [3.8, 4) is 0 Å². The monoisotopic (exact) mass is 545 g/mol. The second kappa shape index (κ2) is 11.7. The SMILES string of the molecule is CC(C)(C(=O)N[C@H](C(=O)NCCN1CCOCC1)c1ccccc1)c1cc(C(F)(F)F)cc(C(F)(F)F)c1. The Balaban J connectivity index is 1.84. The largest absolute Gasteiger partial charge is 0.416 e. The van der Waals surface area contributed by atoms with Gasteiger partial charge >= 0.3 is 12.4 Å². The lowest BCUT2D eigenvalue weighted by molar-refractivity contribution is -0.143. The molecule has 0 bridgehead atoms. The molecular formula is C26H29F6N3O3. The van der Waals surface area contributed by atoms with E-state index in [1.165, 1.54) is 13.8 Å². The van der Waals surface area contributed by atoms with Crippen LogP contribution in [0.4, 0.5) is 26.3 Å². The van der Waals surface area contributed by atoms with Crippen LogP contribution < -0.4 is 10.6 Å². The predicted molar refractivity (Wildman–Crippen MR) is 127 cm³/mol. The molecule has 0 radical (unpaired) electrons. The zero-order valence-electron chi connectivity index (χ0n) is 20.9. The van der Waals surface area contributed by atoms with E-state index in [2.05, 4.69) is 15.5 Å². The topological polar surface area (TPSA) is 70.7 Å². The molecule has 2 aromatic rings. The maximum atomic E-state index is 13.4. The van der Waals surface area contributed by atoms with Gasteiger partial charge in [-0.3, -0.25) is 14.5 Å². The van der Waals surface area contributed by atoms with Crippen LogP contribution in [-0.2, 0) is 32.1 Å². The number of carbonyl (C=O) groups excluding carboxylic acids is 2. The van der Waals surface area contributed by atoms with Crippen molar-refractivity contribution >= 4 is 11.8 Å². The third kappa shape index (κ3) is 7.47. The number of ether oxygens (including phenoxy) is 1. The molecule has 0 aromatic heterocycles. The van der Waals surface area contributed by atoms with Gasteiger partial charge in [0.05, 0.1) is 29.8 Å². The van der Waals surface area contributed by atoms with Crippen molar-refractivity contribution < 1.29 is 40.7 Å². The van der Waals surface area contributed by atoms with Crippen LogP contribution in [0.1, 0.15) is 42.1 Å². The number of rotatable bonds is 8. The first kappa shape index (κ1) is 29.4. The van der Waals surface area contributed by atoms with Crippen LogP contribution in [0.15, 0.2) is 48.5 Å². The van der Waals surface area contributed by atoms with E-state index in [4.69, 9.17) is 4.74 Å². The lowest BCUT2D eigenvalue weighted by atomic mass is 9.81. The van der Waals surface area contributed by atoms with Crippen molar-refractivity contribution in [2.75, 3.05) is 39.4 Å². The average molecular weight is 546 g/mol. The highest BCUT2D eigenvalue weighted by Crippen LogP contribution is 2.39.